The maximum absolute atomic E-state index is 13.1. The number of nitrogens with zero attached hydrogens (tertiary/aromatic N) is 1. The first-order valence-corrected chi connectivity index (χ1v) is 10.8. The summed E-state index contributed by atoms with van der Waals surface area (Å²) in [6.07, 6.45) is 0.822. The molecule has 5 nitrogen and oxygen atoms in total. The predicted molar refractivity (Wildman–Crippen MR) is 128 cm³/mol. The van der Waals surface area contributed by atoms with E-state index >= 15 is 0 Å². The predicted octanol–water partition coefficient (Wildman–Crippen LogP) is 5.55. The Balaban J connectivity index is 1.71. The molecule has 2 N–H and O–H groups in total. The minimum Gasteiger partial charge on any atom is -0.439 e. The van der Waals surface area contributed by atoms with E-state index in [-0.39, 0.29) is 11.5 Å². The number of allylic oxidation sites excluding steroid dienone is 1. The maximum atomic E-state index is 13.1. The number of ether oxygens (including phenoxy) is 1. The molecule has 5 rings (SSSR count). The molecule has 0 aliphatic carbocycles. The molecule has 0 bridgehead atoms. The smallest absolute Gasteiger partial charge is 0.344 e. The van der Waals surface area contributed by atoms with E-state index in [0.29, 0.717) is 22.3 Å². The fraction of sp³-hybridized carbons (Fsp3) is 0.143. The van der Waals surface area contributed by atoms with Crippen LogP contribution in [0.1, 0.15) is 35.1 Å². The van der Waals surface area contributed by atoms with Gasteiger partial charge in [0.05, 0.1) is 16.9 Å². The molecule has 33 heavy (non-hydrogen) atoms. The largest absolute Gasteiger partial charge is 0.439 e. The number of fused-ring (bicyclic) bond motifs is 3. The summed E-state index contributed by atoms with van der Waals surface area (Å²) in [6.45, 7) is 4.12. The highest BCUT2D eigenvalue weighted by molar-refractivity contribution is 5.86. The summed E-state index contributed by atoms with van der Waals surface area (Å²) in [6, 6.07) is 23.8. The van der Waals surface area contributed by atoms with Crippen LogP contribution in [-0.2, 0) is 6.42 Å². The van der Waals surface area contributed by atoms with Crippen molar-refractivity contribution in [3.05, 3.63) is 111 Å². The van der Waals surface area contributed by atoms with E-state index in [1.54, 1.807) is 6.07 Å². The topological polar surface area (TPSA) is 89.2 Å². The van der Waals surface area contributed by atoms with Crippen LogP contribution < -0.4 is 16.1 Å². The average Bonchev–Trinajstić information content (AvgIpc) is 2.83. The van der Waals surface area contributed by atoms with Crippen LogP contribution in [-0.4, -0.2) is 0 Å². The van der Waals surface area contributed by atoms with Crippen molar-refractivity contribution in [2.45, 2.75) is 26.2 Å². The van der Waals surface area contributed by atoms with E-state index in [9.17, 15) is 10.1 Å². The zero-order valence-corrected chi connectivity index (χ0v) is 18.4. The van der Waals surface area contributed by atoms with Crippen molar-refractivity contribution in [1.29, 1.82) is 5.26 Å². The van der Waals surface area contributed by atoms with Gasteiger partial charge in [0.1, 0.15) is 17.2 Å². The average molecular weight is 434 g/mol. The van der Waals surface area contributed by atoms with Gasteiger partial charge in [-0.05, 0) is 53.3 Å². The van der Waals surface area contributed by atoms with Crippen molar-refractivity contribution in [3.8, 4) is 22.9 Å². The Morgan fingerprint density at radius 2 is 1.82 bits per heavy atom. The highest BCUT2D eigenvalue weighted by atomic mass is 16.5. The monoisotopic (exact) mass is 434 g/mol. The van der Waals surface area contributed by atoms with Crippen LogP contribution >= 0.6 is 0 Å². The lowest BCUT2D eigenvalue weighted by Gasteiger charge is -2.26. The van der Waals surface area contributed by atoms with Gasteiger partial charge in [-0.15, -0.1) is 0 Å². The van der Waals surface area contributed by atoms with Crippen LogP contribution in [0.15, 0.2) is 87.4 Å². The second-order valence-electron chi connectivity index (χ2n) is 8.18. The first-order valence-electron chi connectivity index (χ1n) is 10.8. The molecule has 0 radical (unpaired) electrons. The number of nitrogens with two attached hydrogens (primary N) is 1. The van der Waals surface area contributed by atoms with Crippen LogP contribution in [0.25, 0.3) is 22.1 Å². The summed E-state index contributed by atoms with van der Waals surface area (Å²) < 4.78 is 11.5. The summed E-state index contributed by atoms with van der Waals surface area (Å²) in [4.78, 5) is 13.1. The number of benzene rings is 3. The third kappa shape index (κ3) is 3.37. The fourth-order valence-corrected chi connectivity index (χ4v) is 4.47. The minimum absolute atomic E-state index is 0.00628. The first-order chi connectivity index (χ1) is 16.0. The fourth-order valence-electron chi connectivity index (χ4n) is 4.47. The third-order valence-electron chi connectivity index (χ3n) is 6.24. The lowest BCUT2D eigenvalue weighted by molar-refractivity contribution is 0.388. The van der Waals surface area contributed by atoms with Crippen LogP contribution in [0, 0.1) is 18.3 Å². The van der Waals surface area contributed by atoms with Gasteiger partial charge >= 0.3 is 5.63 Å². The molecule has 0 saturated heterocycles. The van der Waals surface area contributed by atoms with Gasteiger partial charge < -0.3 is 14.9 Å². The van der Waals surface area contributed by atoms with Crippen molar-refractivity contribution >= 4 is 11.0 Å². The Bertz CT molecular complexity index is 1520. The van der Waals surface area contributed by atoms with Crippen LogP contribution in [0.5, 0.6) is 5.75 Å². The normalized spacial score (nSPS) is 15.1. The molecule has 1 aliphatic rings. The Hall–Kier alpha value is -4.30. The van der Waals surface area contributed by atoms with Crippen LogP contribution in [0.4, 0.5) is 0 Å². The van der Waals surface area contributed by atoms with Crippen molar-refractivity contribution in [2.24, 2.45) is 5.73 Å². The van der Waals surface area contributed by atoms with Gasteiger partial charge in [0, 0.05) is 0 Å². The molecule has 1 unspecified atom stereocenters. The van der Waals surface area contributed by atoms with Crippen molar-refractivity contribution < 1.29 is 9.15 Å². The lowest BCUT2D eigenvalue weighted by Crippen LogP contribution is -2.26. The van der Waals surface area contributed by atoms with E-state index in [2.05, 4.69) is 32.0 Å². The molecule has 2 heterocycles. The van der Waals surface area contributed by atoms with Gasteiger partial charge in [-0.2, -0.15) is 5.26 Å². The van der Waals surface area contributed by atoms with Crippen molar-refractivity contribution in [3.63, 3.8) is 0 Å². The number of aryl methyl sites for hydroxylation is 2. The molecular weight excluding hydrogens is 412 g/mol. The molecule has 1 aromatic heterocycles. The molecule has 5 heteroatoms. The van der Waals surface area contributed by atoms with Crippen LogP contribution in [0.3, 0.4) is 0 Å². The van der Waals surface area contributed by atoms with Gasteiger partial charge in [0.25, 0.3) is 0 Å². The summed E-state index contributed by atoms with van der Waals surface area (Å²) in [5.41, 5.74) is 11.8. The highest BCUT2D eigenvalue weighted by Crippen LogP contribution is 2.44. The summed E-state index contributed by atoms with van der Waals surface area (Å²) in [7, 11) is 0. The zero-order chi connectivity index (χ0) is 23.1. The summed E-state index contributed by atoms with van der Waals surface area (Å²) >= 11 is 0. The molecule has 0 spiro atoms. The number of rotatable bonds is 3. The molecule has 162 valence electrons. The quantitative estimate of drug-likeness (QED) is 0.427. The minimum atomic E-state index is -0.671. The first kappa shape index (κ1) is 20.6. The Morgan fingerprint density at radius 3 is 2.52 bits per heavy atom. The lowest BCUT2D eigenvalue weighted by atomic mass is 9.83. The second-order valence-corrected chi connectivity index (χ2v) is 8.18. The van der Waals surface area contributed by atoms with Gasteiger partial charge in [-0.1, -0.05) is 61.5 Å². The zero-order valence-electron chi connectivity index (χ0n) is 18.4. The highest BCUT2D eigenvalue weighted by Gasteiger charge is 2.35. The SMILES string of the molecule is CCc1ccc2oc(=O)c3c(c2c1)OC(N)=C(C#N)C3c1ccc(-c2ccccc2C)cc1. The molecule has 4 aromatic rings. The number of hydrogen-bond acceptors (Lipinski definition) is 5. The Morgan fingerprint density at radius 1 is 1.06 bits per heavy atom. The third-order valence-corrected chi connectivity index (χ3v) is 6.24. The molecule has 1 atom stereocenters. The molecule has 0 amide bonds. The Kier molecular flexibility index (Phi) is 4.99. The van der Waals surface area contributed by atoms with Gasteiger partial charge in [-0.25, -0.2) is 4.79 Å². The second kappa shape index (κ2) is 7.99. The summed E-state index contributed by atoms with van der Waals surface area (Å²) in [5, 5.41) is 10.5. The van der Waals surface area contributed by atoms with Crippen molar-refractivity contribution in [1.82, 2.24) is 0 Å². The van der Waals surface area contributed by atoms with Gasteiger partial charge in [0.2, 0.25) is 5.88 Å². The summed E-state index contributed by atoms with van der Waals surface area (Å²) in [5.74, 6) is -0.302. The number of hydrogen-bond donors (Lipinski definition) is 1. The number of nitriles is 1. The van der Waals surface area contributed by atoms with E-state index in [1.807, 2.05) is 48.5 Å². The van der Waals surface area contributed by atoms with Crippen molar-refractivity contribution in [2.75, 3.05) is 0 Å². The van der Waals surface area contributed by atoms with Gasteiger partial charge in [-0.3, -0.25) is 0 Å². The molecular formula is C28H22N2O3. The molecule has 0 saturated carbocycles. The molecule has 1 aliphatic heterocycles. The van der Waals surface area contributed by atoms with Crippen LogP contribution in [0.2, 0.25) is 0 Å². The molecule has 0 fully saturated rings. The van der Waals surface area contributed by atoms with E-state index < -0.39 is 11.5 Å². The standard InChI is InChI=1S/C28H22N2O3/c1-3-17-8-13-23-21(14-17)26-25(28(31)32-23)24(22(15-29)27(30)33-26)19-11-9-18(10-12-19)20-7-5-4-6-16(20)2/h4-14,24H,3,30H2,1-2H3. The Labute approximate surface area is 191 Å². The van der Waals surface area contributed by atoms with Gasteiger partial charge in [0.15, 0.2) is 5.75 Å². The van der Waals surface area contributed by atoms with E-state index in [1.165, 1.54) is 5.56 Å². The maximum Gasteiger partial charge on any atom is 0.344 e. The van der Waals surface area contributed by atoms with E-state index in [0.717, 1.165) is 28.7 Å². The molecule has 3 aromatic carbocycles. The van der Waals surface area contributed by atoms with E-state index in [4.69, 9.17) is 14.9 Å².